The van der Waals surface area contributed by atoms with Gasteiger partial charge in [-0.1, -0.05) is 53.6 Å². The maximum Gasteiger partial charge on any atom is 0.411 e. The van der Waals surface area contributed by atoms with Crippen LogP contribution in [0.4, 0.5) is 26.3 Å². The van der Waals surface area contributed by atoms with Gasteiger partial charge in [-0.15, -0.1) is 0 Å². The number of rotatable bonds is 10. The second-order valence-corrected chi connectivity index (χ2v) is 14.5. The predicted octanol–water partition coefficient (Wildman–Crippen LogP) is 11.7. The molecule has 0 aliphatic heterocycles. The van der Waals surface area contributed by atoms with Crippen molar-refractivity contribution in [1.82, 2.24) is 0 Å². The van der Waals surface area contributed by atoms with E-state index in [9.17, 15) is 39.6 Å². The number of ketones is 1. The molecule has 0 fully saturated rings. The monoisotopic (exact) mass is 780 g/mol. The Morgan fingerprint density at radius 2 is 0.815 bits per heavy atom. The predicted molar refractivity (Wildman–Crippen MR) is 190 cm³/mol. The molecule has 0 saturated heterocycles. The molecule has 0 amide bonds. The van der Waals surface area contributed by atoms with Gasteiger partial charge in [0.25, 0.3) is 0 Å². The van der Waals surface area contributed by atoms with E-state index in [0.29, 0.717) is 40.4 Å². The van der Waals surface area contributed by atoms with E-state index in [1.54, 1.807) is 36.4 Å². The summed E-state index contributed by atoms with van der Waals surface area (Å²) in [6, 6.07) is 30.2. The lowest BCUT2D eigenvalue weighted by Crippen LogP contribution is -2.54. The number of hydrogen-bond donors (Lipinski definition) is 0. The summed E-state index contributed by atoms with van der Waals surface area (Å²) in [5, 5.41) is 0.461. The topological polar surface area (TPSA) is 69.7 Å². The van der Waals surface area contributed by atoms with Gasteiger partial charge in [-0.3, -0.25) is 4.79 Å². The first-order valence-electron chi connectivity index (χ1n) is 16.0. The Morgan fingerprint density at radius 1 is 0.500 bits per heavy atom. The van der Waals surface area contributed by atoms with Crippen molar-refractivity contribution in [2.45, 2.75) is 34.5 Å². The molecule has 0 saturated carbocycles. The third-order valence-electron chi connectivity index (χ3n) is 8.58. The van der Waals surface area contributed by atoms with Gasteiger partial charge in [0, 0.05) is 16.1 Å². The molecule has 6 rings (SSSR count). The van der Waals surface area contributed by atoms with Crippen LogP contribution in [0.2, 0.25) is 5.02 Å². The smallest absolute Gasteiger partial charge is 0.411 e. The number of carbonyl (C=O) groups excluding carboxylic acids is 1. The number of benzene rings is 6. The van der Waals surface area contributed by atoms with E-state index in [0.717, 1.165) is 29.8 Å². The minimum atomic E-state index is -5.83. The Labute approximate surface area is 311 Å². The van der Waals surface area contributed by atoms with E-state index in [-0.39, 0.29) is 38.6 Å². The van der Waals surface area contributed by atoms with Gasteiger partial charge in [-0.2, -0.15) is 26.3 Å². The molecule has 276 valence electrons. The second kappa shape index (κ2) is 14.7. The number of aryl methyl sites for hydroxylation is 1. The van der Waals surface area contributed by atoms with E-state index < -0.39 is 38.7 Å². The molecule has 0 unspecified atom stereocenters. The minimum Gasteiger partial charge on any atom is -0.457 e. The number of sulfone groups is 1. The zero-order valence-corrected chi connectivity index (χ0v) is 29.5. The molecule has 6 aromatic rings. The summed E-state index contributed by atoms with van der Waals surface area (Å²) in [5.74, 6) is -0.141. The highest BCUT2D eigenvalue weighted by molar-refractivity contribution is 7.91. The molecule has 0 atom stereocenters. The summed E-state index contributed by atoms with van der Waals surface area (Å²) in [6.45, 7) is 1.81. The Bertz CT molecular complexity index is 2340. The zero-order chi connectivity index (χ0) is 38.9. The molecular weight excluding hydrogens is 754 g/mol. The Morgan fingerprint density at radius 3 is 1.19 bits per heavy atom. The molecular formula is C41H27ClF6O5S. The highest BCUT2D eigenvalue weighted by atomic mass is 35.5. The zero-order valence-electron chi connectivity index (χ0n) is 28.0. The van der Waals surface area contributed by atoms with Gasteiger partial charge in [-0.25, -0.2) is 8.42 Å². The fourth-order valence-corrected chi connectivity index (χ4v) is 7.17. The molecule has 0 N–H and O–H groups in total. The maximum absolute atomic E-state index is 14.8. The molecule has 0 radical (unpaired) electrons. The van der Waals surface area contributed by atoms with Crippen LogP contribution in [0, 0.1) is 6.92 Å². The van der Waals surface area contributed by atoms with Crippen molar-refractivity contribution in [3.63, 3.8) is 0 Å². The van der Waals surface area contributed by atoms with Crippen molar-refractivity contribution >= 4 is 27.2 Å². The Kier molecular flexibility index (Phi) is 10.4. The van der Waals surface area contributed by atoms with Crippen molar-refractivity contribution in [1.29, 1.82) is 0 Å². The standard InChI is InChI=1S/C41H27ClF6O5S/c1-26-2-22-36(23-3-26)54(50,51)37-24-20-35(21-25-37)53-34-18-10-30(11-19-34)39(40(43,44)45,41(46,47)48)29-8-16-33(17-9-29)52-32-14-6-28(7-15-32)38(49)27-4-12-31(42)13-5-27/h2-25H,1H3. The lowest BCUT2D eigenvalue weighted by atomic mass is 9.73. The summed E-state index contributed by atoms with van der Waals surface area (Å²) in [6.07, 6.45) is -11.7. The number of ether oxygens (including phenoxy) is 2. The first kappa shape index (κ1) is 38.1. The van der Waals surface area contributed by atoms with Crippen molar-refractivity contribution in [2.24, 2.45) is 0 Å². The third-order valence-corrected chi connectivity index (χ3v) is 10.6. The summed E-state index contributed by atoms with van der Waals surface area (Å²) < 4.78 is 126. The highest BCUT2D eigenvalue weighted by Crippen LogP contribution is 2.56. The van der Waals surface area contributed by atoms with Crippen molar-refractivity contribution in [3.8, 4) is 23.0 Å². The minimum absolute atomic E-state index is 0.0368. The molecule has 0 aromatic heterocycles. The molecule has 0 aliphatic rings. The van der Waals surface area contributed by atoms with E-state index in [2.05, 4.69) is 0 Å². The van der Waals surface area contributed by atoms with Gasteiger partial charge < -0.3 is 9.47 Å². The largest absolute Gasteiger partial charge is 0.457 e. The van der Waals surface area contributed by atoms with Gasteiger partial charge in [0.15, 0.2) is 5.78 Å². The van der Waals surface area contributed by atoms with Crippen LogP contribution in [0.1, 0.15) is 32.6 Å². The number of carbonyl (C=O) groups is 1. The molecule has 54 heavy (non-hydrogen) atoms. The lowest BCUT2D eigenvalue weighted by molar-refractivity contribution is -0.288. The second-order valence-electron chi connectivity index (χ2n) is 12.1. The summed E-state index contributed by atoms with van der Waals surface area (Å²) in [4.78, 5) is 12.8. The van der Waals surface area contributed by atoms with E-state index >= 15 is 0 Å². The van der Waals surface area contributed by atoms with Crippen molar-refractivity contribution in [3.05, 3.63) is 178 Å². The molecule has 0 bridgehead atoms. The molecule has 5 nitrogen and oxygen atoms in total. The molecule has 13 heteroatoms. The average Bonchev–Trinajstić information content (AvgIpc) is 3.13. The van der Waals surface area contributed by atoms with Crippen LogP contribution in [0.5, 0.6) is 23.0 Å². The first-order chi connectivity index (χ1) is 25.5. The maximum atomic E-state index is 14.8. The van der Waals surface area contributed by atoms with Gasteiger partial charge in [0.2, 0.25) is 15.3 Å². The summed E-state index contributed by atoms with van der Waals surface area (Å²) >= 11 is 5.87. The van der Waals surface area contributed by atoms with E-state index in [1.807, 2.05) is 6.92 Å². The normalized spacial score (nSPS) is 12.3. The van der Waals surface area contributed by atoms with Crippen LogP contribution in [-0.4, -0.2) is 26.6 Å². The van der Waals surface area contributed by atoms with E-state index in [4.69, 9.17) is 21.1 Å². The molecule has 6 aromatic carbocycles. The Balaban J connectivity index is 1.21. The first-order valence-corrected chi connectivity index (χ1v) is 17.9. The van der Waals surface area contributed by atoms with Gasteiger partial charge in [0.05, 0.1) is 9.79 Å². The van der Waals surface area contributed by atoms with Crippen LogP contribution >= 0.6 is 11.6 Å². The summed E-state index contributed by atoms with van der Waals surface area (Å²) in [5.41, 5.74) is -5.05. The number of hydrogen-bond acceptors (Lipinski definition) is 5. The van der Waals surface area contributed by atoms with Crippen LogP contribution in [0.15, 0.2) is 155 Å². The quantitative estimate of drug-likeness (QED) is 0.102. The number of alkyl halides is 6. The fourth-order valence-electron chi connectivity index (χ4n) is 5.78. The number of halogens is 7. The van der Waals surface area contributed by atoms with Crippen LogP contribution < -0.4 is 9.47 Å². The van der Waals surface area contributed by atoms with Gasteiger partial charge >= 0.3 is 12.4 Å². The SMILES string of the molecule is Cc1ccc(S(=O)(=O)c2ccc(Oc3ccc(C(c4ccc(Oc5ccc(C(=O)c6ccc(Cl)cc6)cc5)cc4)(C(F)(F)F)C(F)(F)F)cc3)cc2)cc1. The van der Waals surface area contributed by atoms with Crippen molar-refractivity contribution in [2.75, 3.05) is 0 Å². The average molecular weight is 781 g/mol. The molecule has 0 heterocycles. The van der Waals surface area contributed by atoms with Gasteiger partial charge in [-0.05, 0) is 127 Å². The Hall–Kier alpha value is -5.59. The fraction of sp³-hybridized carbons (Fsp3) is 0.0976. The van der Waals surface area contributed by atoms with Gasteiger partial charge in [0.1, 0.15) is 23.0 Å². The summed E-state index contributed by atoms with van der Waals surface area (Å²) in [7, 11) is -3.85. The molecule has 0 spiro atoms. The van der Waals surface area contributed by atoms with Crippen molar-refractivity contribution < 1.29 is 49.0 Å². The lowest BCUT2D eigenvalue weighted by Gasteiger charge is -2.38. The van der Waals surface area contributed by atoms with Crippen LogP contribution in [-0.2, 0) is 15.3 Å². The third kappa shape index (κ3) is 7.57. The highest BCUT2D eigenvalue weighted by Gasteiger charge is 2.72. The molecule has 0 aliphatic carbocycles. The van der Waals surface area contributed by atoms with Crippen LogP contribution in [0.3, 0.4) is 0 Å². The van der Waals surface area contributed by atoms with E-state index in [1.165, 1.54) is 60.7 Å². The van der Waals surface area contributed by atoms with Crippen LogP contribution in [0.25, 0.3) is 0 Å².